The fourth-order valence-corrected chi connectivity index (χ4v) is 9.15. The third-order valence-electron chi connectivity index (χ3n) is 11.2. The minimum Gasteiger partial charge on any atom is -0.350 e. The van der Waals surface area contributed by atoms with Gasteiger partial charge < -0.3 is 26.2 Å². The number of thiazole rings is 1. The Bertz CT molecular complexity index is 2150. The minimum absolute atomic E-state index is 0.0407. The summed E-state index contributed by atoms with van der Waals surface area (Å²) in [5, 5.41) is 11.8. The summed E-state index contributed by atoms with van der Waals surface area (Å²) in [4.78, 5) is 63.7. The number of carbonyl (C=O) groups is 4. The molecule has 3 aromatic carbocycles. The van der Waals surface area contributed by atoms with Gasteiger partial charge in [-0.05, 0) is 117 Å². The molecule has 1 fully saturated rings. The summed E-state index contributed by atoms with van der Waals surface area (Å²) >= 11 is 3.46. The highest BCUT2D eigenvalue weighted by atomic mass is 127. The van der Waals surface area contributed by atoms with Crippen LogP contribution in [0.2, 0.25) is 0 Å². The number of carbonyl (C=O) groups excluding carboxylic acids is 4. The Hall–Kier alpha value is -4.59. The van der Waals surface area contributed by atoms with Crippen LogP contribution in [0, 0.1) is 27.9 Å². The molecule has 63 heavy (non-hydrogen) atoms. The van der Waals surface area contributed by atoms with Gasteiger partial charge in [-0.15, -0.1) is 11.3 Å². The number of unbranched alkanes of at least 4 members (excludes halogenated alkanes) is 7. The first kappa shape index (κ1) is 49.4. The van der Waals surface area contributed by atoms with Crippen molar-refractivity contribution in [3.05, 3.63) is 98.0 Å². The largest absolute Gasteiger partial charge is 0.350 e. The third kappa shape index (κ3) is 13.7. The van der Waals surface area contributed by atoms with Gasteiger partial charge in [-0.1, -0.05) is 68.9 Å². The van der Waals surface area contributed by atoms with Crippen LogP contribution in [0.4, 0.5) is 24.5 Å². The molecule has 4 aromatic rings. The van der Waals surface area contributed by atoms with Crippen molar-refractivity contribution in [2.24, 2.45) is 0 Å². The van der Waals surface area contributed by atoms with Crippen molar-refractivity contribution in [3.63, 3.8) is 0 Å². The molecule has 0 aliphatic carbocycles. The van der Waals surface area contributed by atoms with E-state index in [-0.39, 0.29) is 36.5 Å². The molecular formula is C46H57F3IN7O5S. The van der Waals surface area contributed by atoms with Crippen LogP contribution in [0.25, 0.3) is 10.4 Å². The molecule has 0 spiro atoms. The lowest BCUT2D eigenvalue weighted by molar-refractivity contribution is -0.146. The monoisotopic (exact) mass is 1000 g/mol. The zero-order valence-electron chi connectivity index (χ0n) is 35.8. The molecular weight excluding hydrogens is 947 g/mol. The normalized spacial score (nSPS) is 15.2. The Morgan fingerprint density at radius 3 is 2.35 bits per heavy atom. The Kier molecular flexibility index (Phi) is 19.6. The molecule has 1 aliphatic rings. The second-order valence-corrected chi connectivity index (χ2v) is 17.8. The van der Waals surface area contributed by atoms with E-state index < -0.39 is 53.1 Å². The fourth-order valence-electron chi connectivity index (χ4n) is 7.88. The molecule has 1 aliphatic heterocycles. The minimum atomic E-state index is -1.85. The maximum absolute atomic E-state index is 16.0. The lowest BCUT2D eigenvalue weighted by atomic mass is 9.83. The van der Waals surface area contributed by atoms with Crippen LogP contribution >= 0.6 is 33.9 Å². The predicted octanol–water partition coefficient (Wildman–Crippen LogP) is 8.86. The second-order valence-electron chi connectivity index (χ2n) is 15.7. The number of hydrogen-bond acceptors (Lipinski definition) is 9. The summed E-state index contributed by atoms with van der Waals surface area (Å²) in [5.74, 6) is -4.76. The summed E-state index contributed by atoms with van der Waals surface area (Å²) in [7, 11) is 0. The number of anilines is 2. The maximum atomic E-state index is 16.0. The first-order valence-corrected chi connectivity index (χ1v) is 23.5. The van der Waals surface area contributed by atoms with Gasteiger partial charge in [0, 0.05) is 22.1 Å². The van der Waals surface area contributed by atoms with E-state index in [0.29, 0.717) is 29.4 Å². The quantitative estimate of drug-likeness (QED) is 0.0181. The Morgan fingerprint density at radius 1 is 0.937 bits per heavy atom. The van der Waals surface area contributed by atoms with E-state index in [9.17, 15) is 19.2 Å². The predicted molar refractivity (Wildman–Crippen MR) is 247 cm³/mol. The van der Waals surface area contributed by atoms with Crippen molar-refractivity contribution in [2.75, 3.05) is 38.1 Å². The van der Waals surface area contributed by atoms with Crippen LogP contribution in [0.3, 0.4) is 0 Å². The highest BCUT2D eigenvalue weighted by Gasteiger charge is 2.53. The first-order chi connectivity index (χ1) is 30.5. The number of nitrogens with one attached hydrogen (secondary N) is 5. The van der Waals surface area contributed by atoms with E-state index in [1.165, 1.54) is 34.4 Å². The van der Waals surface area contributed by atoms with Crippen LogP contribution in [0.5, 0.6) is 0 Å². The lowest BCUT2D eigenvalue weighted by Gasteiger charge is -2.39. The molecule has 1 aromatic heterocycles. The zero-order valence-corrected chi connectivity index (χ0v) is 38.8. The van der Waals surface area contributed by atoms with E-state index in [0.717, 1.165) is 92.2 Å². The summed E-state index contributed by atoms with van der Waals surface area (Å²) in [6.45, 7) is 5.66. The number of aromatic nitrogens is 1. The SMILES string of the molecule is Cc1ncsc1-c1ccc([C@H](C)NC(=O)C2(c3ccc(F)c(F)c3Nc3ccc(I)cc3F)CCCN2C(=O)CNC(=O)CCCCCCCCCCNCCCONC=O)cc1. The maximum Gasteiger partial charge on any atom is 0.251 e. The van der Waals surface area contributed by atoms with Crippen LogP contribution in [0.15, 0.2) is 60.1 Å². The van der Waals surface area contributed by atoms with Crippen LogP contribution in [0.1, 0.15) is 107 Å². The van der Waals surface area contributed by atoms with E-state index in [1.54, 1.807) is 18.5 Å². The van der Waals surface area contributed by atoms with E-state index in [1.807, 2.05) is 53.8 Å². The molecule has 12 nitrogen and oxygen atoms in total. The van der Waals surface area contributed by atoms with Crippen molar-refractivity contribution in [1.29, 1.82) is 0 Å². The van der Waals surface area contributed by atoms with Gasteiger partial charge >= 0.3 is 0 Å². The summed E-state index contributed by atoms with van der Waals surface area (Å²) < 4.78 is 46.8. The molecule has 0 saturated carbocycles. The first-order valence-electron chi connectivity index (χ1n) is 21.6. The van der Waals surface area contributed by atoms with Crippen molar-refractivity contribution >= 4 is 69.4 Å². The van der Waals surface area contributed by atoms with Gasteiger partial charge in [0.25, 0.3) is 5.91 Å². The summed E-state index contributed by atoms with van der Waals surface area (Å²) in [6.07, 6.45) is 10.0. The Morgan fingerprint density at radius 2 is 1.65 bits per heavy atom. The number of nitrogens with zero attached hydrogens (tertiary/aromatic N) is 2. The third-order valence-corrected chi connectivity index (χ3v) is 12.9. The number of hydroxylamine groups is 1. The number of aryl methyl sites for hydroxylation is 1. The lowest BCUT2D eigenvalue weighted by Crippen LogP contribution is -2.57. The average molecular weight is 1000 g/mol. The Labute approximate surface area is 385 Å². The van der Waals surface area contributed by atoms with Gasteiger partial charge in [-0.3, -0.25) is 24.0 Å². The summed E-state index contributed by atoms with van der Waals surface area (Å²) in [5.41, 5.74) is 4.10. The number of amides is 4. The number of benzene rings is 3. The van der Waals surface area contributed by atoms with Crippen LogP contribution in [-0.2, 0) is 29.6 Å². The van der Waals surface area contributed by atoms with Crippen LogP contribution < -0.4 is 26.7 Å². The molecule has 1 unspecified atom stereocenters. The molecule has 2 heterocycles. The van der Waals surface area contributed by atoms with Gasteiger partial charge in [-0.25, -0.2) is 23.6 Å². The van der Waals surface area contributed by atoms with Gasteiger partial charge in [-0.2, -0.15) is 0 Å². The van der Waals surface area contributed by atoms with Crippen molar-refractivity contribution in [1.82, 2.24) is 31.3 Å². The molecule has 340 valence electrons. The molecule has 5 rings (SSSR count). The summed E-state index contributed by atoms with van der Waals surface area (Å²) in [6, 6.07) is 13.5. The number of hydrogen-bond donors (Lipinski definition) is 5. The van der Waals surface area contributed by atoms with Gasteiger partial charge in [0.15, 0.2) is 11.6 Å². The second kappa shape index (κ2) is 25.0. The highest BCUT2D eigenvalue weighted by molar-refractivity contribution is 14.1. The van der Waals surface area contributed by atoms with Crippen molar-refractivity contribution < 1.29 is 37.2 Å². The molecule has 0 radical (unpaired) electrons. The molecule has 1 saturated heterocycles. The average Bonchev–Trinajstić information content (AvgIpc) is 3.92. The molecule has 17 heteroatoms. The van der Waals surface area contributed by atoms with E-state index in [2.05, 4.69) is 31.7 Å². The number of likely N-dealkylation sites (tertiary alicyclic amines) is 1. The molecule has 4 amide bonds. The molecule has 5 N–H and O–H groups in total. The van der Waals surface area contributed by atoms with Gasteiger partial charge in [0.2, 0.25) is 18.2 Å². The van der Waals surface area contributed by atoms with E-state index >= 15 is 13.2 Å². The van der Waals surface area contributed by atoms with Crippen molar-refractivity contribution in [3.8, 4) is 10.4 Å². The molecule has 0 bridgehead atoms. The van der Waals surface area contributed by atoms with Crippen LogP contribution in [-0.4, -0.2) is 66.8 Å². The molecule has 2 atom stereocenters. The Balaban J connectivity index is 1.22. The van der Waals surface area contributed by atoms with E-state index in [4.69, 9.17) is 4.84 Å². The zero-order chi connectivity index (χ0) is 45.2. The topological polar surface area (TPSA) is 154 Å². The fraction of sp³-hybridized carbons (Fsp3) is 0.457. The smallest absolute Gasteiger partial charge is 0.251 e. The standard InChI is InChI=1S/C46H57F3IN7O5S/c1-31(33-14-16-34(17-15-33)44-32(2)53-30-63-44)55-45(61)46(36-19-20-37(47)42(49)43(36)56-39-21-18-35(50)27-38(39)48)22-11-25-57(46)41(60)28-52-40(59)13-9-7-5-3-4-6-8-10-23-51-24-12-26-62-54-29-58/h14-21,27,29-31,51,56H,3-13,22-26,28H2,1-2H3,(H,52,59)(H,54,58)(H,55,61)/t31-,46?/m0/s1. The van der Waals surface area contributed by atoms with Gasteiger partial charge in [0.1, 0.15) is 11.4 Å². The number of halogens is 4. The number of rotatable bonds is 26. The van der Waals surface area contributed by atoms with Gasteiger partial charge in [0.05, 0.1) is 46.6 Å². The highest BCUT2D eigenvalue weighted by Crippen LogP contribution is 2.45. The van der Waals surface area contributed by atoms with Crippen molar-refractivity contribution in [2.45, 2.75) is 102 Å².